The molecule has 0 radical (unpaired) electrons. The molecule has 1 heterocycles. The largest absolute Gasteiger partial charge is 0.356 e. The number of rotatable bonds is 3. The van der Waals surface area contributed by atoms with Crippen LogP contribution in [-0.4, -0.2) is 11.5 Å². The Bertz CT molecular complexity index is 589. The van der Waals surface area contributed by atoms with Crippen molar-refractivity contribution in [2.75, 3.05) is 6.54 Å². The Morgan fingerprint density at radius 1 is 1.39 bits per heavy atom. The topological polar surface area (TPSA) is 27.8 Å². The van der Waals surface area contributed by atoms with Gasteiger partial charge in [-0.25, -0.2) is 8.78 Å². The van der Waals surface area contributed by atoms with Crippen molar-refractivity contribution in [3.8, 4) is 0 Å². The van der Waals surface area contributed by atoms with Gasteiger partial charge < -0.3 is 10.3 Å². The number of aryl methyl sites for hydroxylation is 1. The number of benzene rings is 1. The summed E-state index contributed by atoms with van der Waals surface area (Å²) < 4.78 is 27.0. The zero-order chi connectivity index (χ0) is 12.7. The van der Waals surface area contributed by atoms with E-state index < -0.39 is 11.6 Å². The maximum absolute atomic E-state index is 13.7. The number of aromatic amines is 1. The minimum atomic E-state index is -0.511. The van der Waals surface area contributed by atoms with Crippen LogP contribution in [0.3, 0.4) is 0 Å². The van der Waals surface area contributed by atoms with Crippen LogP contribution in [0.25, 0.3) is 10.9 Å². The van der Waals surface area contributed by atoms with Crippen LogP contribution in [-0.2, 0) is 6.42 Å². The van der Waals surface area contributed by atoms with Crippen molar-refractivity contribution in [1.29, 1.82) is 0 Å². The van der Waals surface area contributed by atoms with Gasteiger partial charge in [0.2, 0.25) is 0 Å². The molecule has 2 nitrogen and oxygen atoms in total. The predicted molar refractivity (Wildman–Crippen MR) is 67.6 cm³/mol. The molecule has 0 saturated heterocycles. The van der Waals surface area contributed by atoms with E-state index in [9.17, 15) is 8.78 Å². The Morgan fingerprint density at radius 2 is 2.22 bits per heavy atom. The molecule has 1 unspecified atom stereocenters. The summed E-state index contributed by atoms with van der Waals surface area (Å²) in [7, 11) is 0. The first-order valence-electron chi connectivity index (χ1n) is 6.43. The minimum absolute atomic E-state index is 0.217. The number of hydrogen-bond donors (Lipinski definition) is 2. The van der Waals surface area contributed by atoms with Crippen molar-refractivity contribution < 1.29 is 8.78 Å². The van der Waals surface area contributed by atoms with Crippen LogP contribution in [0.2, 0.25) is 0 Å². The van der Waals surface area contributed by atoms with E-state index in [1.54, 1.807) is 0 Å². The van der Waals surface area contributed by atoms with Crippen LogP contribution in [0.4, 0.5) is 8.78 Å². The quantitative estimate of drug-likeness (QED) is 0.858. The van der Waals surface area contributed by atoms with Gasteiger partial charge in [-0.3, -0.25) is 0 Å². The molecule has 2 N–H and O–H groups in total. The van der Waals surface area contributed by atoms with Crippen LogP contribution in [0.15, 0.2) is 12.1 Å². The lowest BCUT2D eigenvalue weighted by Gasteiger charge is -2.12. The van der Waals surface area contributed by atoms with Crippen molar-refractivity contribution in [2.24, 2.45) is 0 Å². The Labute approximate surface area is 104 Å². The predicted octanol–water partition coefficient (Wildman–Crippen LogP) is 3.43. The first kappa shape index (κ1) is 11.7. The molecule has 0 amide bonds. The van der Waals surface area contributed by atoms with Gasteiger partial charge in [0.1, 0.15) is 11.6 Å². The normalized spacial score (nSPS) is 18.5. The molecule has 1 aromatic heterocycles. The van der Waals surface area contributed by atoms with Gasteiger partial charge in [0.25, 0.3) is 0 Å². The average molecular weight is 250 g/mol. The van der Waals surface area contributed by atoms with Crippen molar-refractivity contribution in [3.63, 3.8) is 0 Å². The van der Waals surface area contributed by atoms with E-state index in [-0.39, 0.29) is 6.04 Å². The lowest BCUT2D eigenvalue weighted by atomic mass is 10.1. The van der Waals surface area contributed by atoms with Gasteiger partial charge in [-0.15, -0.1) is 0 Å². The molecule has 0 aliphatic heterocycles. The monoisotopic (exact) mass is 250 g/mol. The third-order valence-corrected chi connectivity index (χ3v) is 3.62. The molecule has 0 saturated carbocycles. The highest BCUT2D eigenvalue weighted by Crippen LogP contribution is 2.38. The molecule has 0 fully saturated rings. The summed E-state index contributed by atoms with van der Waals surface area (Å²) in [4.78, 5) is 3.10. The zero-order valence-electron chi connectivity index (χ0n) is 10.3. The van der Waals surface area contributed by atoms with Crippen LogP contribution in [0, 0.1) is 11.6 Å². The fraction of sp³-hybridized carbons (Fsp3) is 0.429. The Kier molecular flexibility index (Phi) is 2.82. The third kappa shape index (κ3) is 1.72. The second-order valence-corrected chi connectivity index (χ2v) is 4.87. The summed E-state index contributed by atoms with van der Waals surface area (Å²) in [5, 5.41) is 4.13. The van der Waals surface area contributed by atoms with E-state index in [0.717, 1.165) is 43.1 Å². The van der Waals surface area contributed by atoms with E-state index in [0.29, 0.717) is 10.9 Å². The van der Waals surface area contributed by atoms with Gasteiger partial charge in [-0.05, 0) is 37.4 Å². The first-order chi connectivity index (χ1) is 8.70. The molecule has 2 aromatic rings. The van der Waals surface area contributed by atoms with Crippen LogP contribution in [0.1, 0.15) is 37.1 Å². The lowest BCUT2D eigenvalue weighted by molar-refractivity contribution is 0.530. The maximum atomic E-state index is 13.7. The summed E-state index contributed by atoms with van der Waals surface area (Å²) in [6.45, 7) is 3.03. The molecule has 1 atom stereocenters. The Morgan fingerprint density at radius 3 is 3.00 bits per heavy atom. The molecule has 1 aliphatic carbocycles. The molecular weight excluding hydrogens is 234 g/mol. The Balaban J connectivity index is 2.10. The molecule has 0 spiro atoms. The second kappa shape index (κ2) is 4.35. The molecule has 1 aliphatic rings. The molecular formula is C14H16F2N2. The average Bonchev–Trinajstić information content (AvgIpc) is 2.87. The van der Waals surface area contributed by atoms with Crippen LogP contribution in [0.5, 0.6) is 0 Å². The number of nitrogens with one attached hydrogen (secondary N) is 2. The van der Waals surface area contributed by atoms with E-state index in [2.05, 4.69) is 17.2 Å². The van der Waals surface area contributed by atoms with E-state index in [1.807, 2.05) is 0 Å². The fourth-order valence-electron chi connectivity index (χ4n) is 2.84. The fourth-order valence-corrected chi connectivity index (χ4v) is 2.84. The van der Waals surface area contributed by atoms with Gasteiger partial charge >= 0.3 is 0 Å². The van der Waals surface area contributed by atoms with Gasteiger partial charge in [-0.2, -0.15) is 0 Å². The van der Waals surface area contributed by atoms with Gasteiger partial charge in [0.05, 0.1) is 5.52 Å². The smallest absolute Gasteiger partial charge is 0.150 e. The van der Waals surface area contributed by atoms with Crippen molar-refractivity contribution in [3.05, 3.63) is 35.0 Å². The SMILES string of the molecule is CCCNC1CCc2[nH]c3c(F)cc(F)cc3c21. The van der Waals surface area contributed by atoms with Crippen molar-refractivity contribution in [2.45, 2.75) is 32.2 Å². The van der Waals surface area contributed by atoms with Crippen LogP contribution < -0.4 is 5.32 Å². The first-order valence-corrected chi connectivity index (χ1v) is 6.43. The van der Waals surface area contributed by atoms with Crippen LogP contribution >= 0.6 is 0 Å². The van der Waals surface area contributed by atoms with Gasteiger partial charge in [0, 0.05) is 23.2 Å². The number of halogens is 2. The molecule has 96 valence electrons. The molecule has 4 heteroatoms. The summed E-state index contributed by atoms with van der Waals surface area (Å²) >= 11 is 0. The number of H-pyrrole nitrogens is 1. The van der Waals surface area contributed by atoms with Crippen molar-refractivity contribution in [1.82, 2.24) is 10.3 Å². The molecule has 1 aromatic carbocycles. The van der Waals surface area contributed by atoms with Gasteiger partial charge in [-0.1, -0.05) is 6.92 Å². The summed E-state index contributed by atoms with van der Waals surface area (Å²) in [5.41, 5.74) is 2.53. The van der Waals surface area contributed by atoms with Crippen molar-refractivity contribution >= 4 is 10.9 Å². The van der Waals surface area contributed by atoms with E-state index >= 15 is 0 Å². The van der Waals surface area contributed by atoms with Gasteiger partial charge in [0.15, 0.2) is 0 Å². The molecule has 0 bridgehead atoms. The summed E-state index contributed by atoms with van der Waals surface area (Å²) in [6.07, 6.45) is 2.94. The zero-order valence-corrected chi connectivity index (χ0v) is 10.3. The highest BCUT2D eigenvalue weighted by atomic mass is 19.1. The third-order valence-electron chi connectivity index (χ3n) is 3.62. The highest BCUT2D eigenvalue weighted by molar-refractivity contribution is 5.86. The molecule has 3 rings (SSSR count). The Hall–Kier alpha value is -1.42. The minimum Gasteiger partial charge on any atom is -0.356 e. The van der Waals surface area contributed by atoms with E-state index in [1.165, 1.54) is 6.07 Å². The number of aromatic nitrogens is 1. The number of fused-ring (bicyclic) bond motifs is 3. The standard InChI is InChI=1S/C14H16F2N2/c1-2-5-17-11-3-4-12-13(11)9-6-8(15)7-10(16)14(9)18-12/h6-7,11,17-18H,2-5H2,1H3. The highest BCUT2D eigenvalue weighted by Gasteiger charge is 2.27. The summed E-state index contributed by atoms with van der Waals surface area (Å²) in [6, 6.07) is 2.58. The van der Waals surface area contributed by atoms with E-state index in [4.69, 9.17) is 0 Å². The number of hydrogen-bond acceptors (Lipinski definition) is 1. The lowest BCUT2D eigenvalue weighted by Crippen LogP contribution is -2.19. The molecule has 18 heavy (non-hydrogen) atoms. The maximum Gasteiger partial charge on any atom is 0.150 e. The second-order valence-electron chi connectivity index (χ2n) is 4.87. The summed E-state index contributed by atoms with van der Waals surface area (Å²) in [5.74, 6) is -1.02.